The van der Waals surface area contributed by atoms with Crippen molar-refractivity contribution in [2.45, 2.75) is 39.2 Å². The summed E-state index contributed by atoms with van der Waals surface area (Å²) in [5.74, 6) is -0.712. The number of nitrogens with one attached hydrogen (secondary N) is 1. The van der Waals surface area contributed by atoms with Crippen LogP contribution in [-0.2, 0) is 10.3 Å². The fourth-order valence-electron chi connectivity index (χ4n) is 1.65. The Bertz CT molecular complexity index is 699. The summed E-state index contributed by atoms with van der Waals surface area (Å²) in [4.78, 5) is 23.2. The molecule has 2 rings (SSSR count). The summed E-state index contributed by atoms with van der Waals surface area (Å²) < 4.78 is 6.34. The SMILES string of the molecule is CC(C)c1cc(C(=O)Nc2cnn(C(C)(C)C(=O)O)c2)no1. The molecule has 0 fully saturated rings. The van der Waals surface area contributed by atoms with Crippen LogP contribution in [0.4, 0.5) is 5.69 Å². The predicted molar refractivity (Wildman–Crippen MR) is 77.7 cm³/mol. The number of anilines is 1. The number of rotatable bonds is 5. The van der Waals surface area contributed by atoms with Crippen molar-refractivity contribution in [1.29, 1.82) is 0 Å². The summed E-state index contributed by atoms with van der Waals surface area (Å²) >= 11 is 0. The molecule has 0 aliphatic carbocycles. The molecule has 8 heteroatoms. The number of aromatic nitrogens is 3. The van der Waals surface area contributed by atoms with E-state index in [-0.39, 0.29) is 11.6 Å². The van der Waals surface area contributed by atoms with Crippen LogP contribution in [-0.4, -0.2) is 31.9 Å². The van der Waals surface area contributed by atoms with Gasteiger partial charge in [-0.3, -0.25) is 9.48 Å². The zero-order valence-corrected chi connectivity index (χ0v) is 12.8. The first-order chi connectivity index (χ1) is 10.2. The molecule has 0 spiro atoms. The fraction of sp³-hybridized carbons (Fsp3) is 0.429. The number of carboxylic acid groups (broad SMARTS) is 1. The molecule has 0 aliphatic heterocycles. The van der Waals surface area contributed by atoms with E-state index in [4.69, 9.17) is 9.63 Å². The second-order valence-corrected chi connectivity index (χ2v) is 5.76. The van der Waals surface area contributed by atoms with Gasteiger partial charge < -0.3 is 14.9 Å². The molecule has 2 N–H and O–H groups in total. The first-order valence-electron chi connectivity index (χ1n) is 6.78. The second-order valence-electron chi connectivity index (χ2n) is 5.76. The Morgan fingerprint density at radius 2 is 2.09 bits per heavy atom. The number of carbonyl (C=O) groups excluding carboxylic acids is 1. The van der Waals surface area contributed by atoms with Crippen LogP contribution < -0.4 is 5.32 Å². The Morgan fingerprint density at radius 1 is 1.41 bits per heavy atom. The molecule has 1 amide bonds. The first kappa shape index (κ1) is 15.7. The largest absolute Gasteiger partial charge is 0.479 e. The van der Waals surface area contributed by atoms with E-state index in [2.05, 4.69) is 15.6 Å². The van der Waals surface area contributed by atoms with Crippen LogP contribution in [0.5, 0.6) is 0 Å². The molecule has 0 unspecified atom stereocenters. The zero-order chi connectivity index (χ0) is 16.5. The normalized spacial score (nSPS) is 11.7. The topological polar surface area (TPSA) is 110 Å². The van der Waals surface area contributed by atoms with Gasteiger partial charge in [-0.05, 0) is 13.8 Å². The predicted octanol–water partition coefficient (Wildman–Crippen LogP) is 2.07. The van der Waals surface area contributed by atoms with Crippen molar-refractivity contribution in [3.8, 4) is 0 Å². The lowest BCUT2D eigenvalue weighted by molar-refractivity contribution is -0.146. The molecular weight excluding hydrogens is 288 g/mol. The minimum absolute atomic E-state index is 0.133. The average molecular weight is 306 g/mol. The van der Waals surface area contributed by atoms with E-state index in [0.717, 1.165) is 0 Å². The smallest absolute Gasteiger partial charge is 0.331 e. The van der Waals surface area contributed by atoms with Crippen LogP contribution in [0, 0.1) is 0 Å². The Hall–Kier alpha value is -2.64. The molecule has 0 atom stereocenters. The number of nitrogens with zero attached hydrogens (tertiary/aromatic N) is 3. The van der Waals surface area contributed by atoms with Crippen molar-refractivity contribution in [2.75, 3.05) is 5.32 Å². The number of hydrogen-bond acceptors (Lipinski definition) is 5. The Labute approximate surface area is 127 Å². The van der Waals surface area contributed by atoms with Gasteiger partial charge >= 0.3 is 5.97 Å². The first-order valence-corrected chi connectivity index (χ1v) is 6.78. The number of amides is 1. The quantitative estimate of drug-likeness (QED) is 0.875. The summed E-state index contributed by atoms with van der Waals surface area (Å²) in [5, 5.41) is 19.4. The third-order valence-corrected chi connectivity index (χ3v) is 3.27. The maximum Gasteiger partial charge on any atom is 0.331 e. The molecule has 0 saturated carbocycles. The molecule has 2 heterocycles. The number of carbonyl (C=O) groups is 2. The Kier molecular flexibility index (Phi) is 4.03. The van der Waals surface area contributed by atoms with Gasteiger partial charge in [-0.1, -0.05) is 19.0 Å². The van der Waals surface area contributed by atoms with Gasteiger partial charge in [0, 0.05) is 18.2 Å². The van der Waals surface area contributed by atoms with Gasteiger partial charge in [0.05, 0.1) is 11.9 Å². The lowest BCUT2D eigenvalue weighted by atomic mass is 10.1. The van der Waals surface area contributed by atoms with E-state index in [9.17, 15) is 9.59 Å². The minimum Gasteiger partial charge on any atom is -0.479 e. The van der Waals surface area contributed by atoms with E-state index in [0.29, 0.717) is 11.4 Å². The van der Waals surface area contributed by atoms with Crippen LogP contribution in [0.2, 0.25) is 0 Å². The maximum atomic E-state index is 12.1. The zero-order valence-electron chi connectivity index (χ0n) is 12.8. The molecule has 2 aromatic rings. The van der Waals surface area contributed by atoms with E-state index >= 15 is 0 Å². The van der Waals surface area contributed by atoms with Gasteiger partial charge in [0.2, 0.25) is 0 Å². The minimum atomic E-state index is -1.21. The molecule has 22 heavy (non-hydrogen) atoms. The van der Waals surface area contributed by atoms with Crippen LogP contribution in [0.3, 0.4) is 0 Å². The third-order valence-electron chi connectivity index (χ3n) is 3.27. The van der Waals surface area contributed by atoms with E-state index in [1.807, 2.05) is 13.8 Å². The van der Waals surface area contributed by atoms with Gasteiger partial charge in [-0.2, -0.15) is 5.10 Å². The van der Waals surface area contributed by atoms with Gasteiger partial charge in [-0.15, -0.1) is 0 Å². The Balaban J connectivity index is 2.12. The third kappa shape index (κ3) is 3.00. The van der Waals surface area contributed by atoms with Gasteiger partial charge in [0.25, 0.3) is 5.91 Å². The van der Waals surface area contributed by atoms with E-state index in [1.165, 1.54) is 30.9 Å². The number of hydrogen-bond donors (Lipinski definition) is 2. The molecule has 0 aromatic carbocycles. The Morgan fingerprint density at radius 3 is 2.64 bits per heavy atom. The molecular formula is C14H18N4O4. The fourth-order valence-corrected chi connectivity index (χ4v) is 1.65. The summed E-state index contributed by atoms with van der Waals surface area (Å²) in [7, 11) is 0. The van der Waals surface area contributed by atoms with Crippen molar-refractivity contribution >= 4 is 17.6 Å². The molecule has 8 nitrogen and oxygen atoms in total. The summed E-state index contributed by atoms with van der Waals surface area (Å²) in [5.41, 5.74) is -0.663. The second kappa shape index (κ2) is 5.63. The highest BCUT2D eigenvalue weighted by atomic mass is 16.5. The summed E-state index contributed by atoms with van der Waals surface area (Å²) in [6.45, 7) is 6.89. The van der Waals surface area contributed by atoms with Crippen molar-refractivity contribution < 1.29 is 19.2 Å². The van der Waals surface area contributed by atoms with Crippen LogP contribution in [0.25, 0.3) is 0 Å². The molecule has 0 aliphatic rings. The summed E-state index contributed by atoms with van der Waals surface area (Å²) in [6, 6.07) is 1.58. The van der Waals surface area contributed by atoms with Gasteiger partial charge in [-0.25, -0.2) is 4.79 Å². The molecule has 2 aromatic heterocycles. The molecule has 118 valence electrons. The highest BCUT2D eigenvalue weighted by molar-refractivity contribution is 6.02. The standard InChI is InChI=1S/C14H18N4O4/c1-8(2)11-5-10(17-22-11)12(19)16-9-6-15-18(7-9)14(3,4)13(20)21/h5-8H,1-4H3,(H,16,19)(H,20,21). The number of carboxylic acids is 1. The van der Waals surface area contributed by atoms with Crippen molar-refractivity contribution in [3.63, 3.8) is 0 Å². The van der Waals surface area contributed by atoms with Crippen LogP contribution in [0.15, 0.2) is 23.0 Å². The number of aliphatic carboxylic acids is 1. The van der Waals surface area contributed by atoms with Crippen molar-refractivity contribution in [3.05, 3.63) is 29.9 Å². The van der Waals surface area contributed by atoms with Crippen LogP contribution >= 0.6 is 0 Å². The van der Waals surface area contributed by atoms with Crippen molar-refractivity contribution in [1.82, 2.24) is 14.9 Å². The van der Waals surface area contributed by atoms with Gasteiger partial charge in [0.15, 0.2) is 11.2 Å². The summed E-state index contributed by atoms with van der Waals surface area (Å²) in [6.07, 6.45) is 2.83. The lowest BCUT2D eigenvalue weighted by Gasteiger charge is -2.19. The molecule has 0 saturated heterocycles. The monoisotopic (exact) mass is 306 g/mol. The maximum absolute atomic E-state index is 12.1. The average Bonchev–Trinajstić information content (AvgIpc) is 3.07. The lowest BCUT2D eigenvalue weighted by Crippen LogP contribution is -2.35. The highest BCUT2D eigenvalue weighted by Crippen LogP contribution is 2.19. The van der Waals surface area contributed by atoms with Crippen LogP contribution in [0.1, 0.15) is 49.9 Å². The van der Waals surface area contributed by atoms with Crippen molar-refractivity contribution in [2.24, 2.45) is 0 Å². The van der Waals surface area contributed by atoms with E-state index in [1.54, 1.807) is 6.07 Å². The highest BCUT2D eigenvalue weighted by Gasteiger charge is 2.30. The molecule has 0 bridgehead atoms. The molecule has 0 radical (unpaired) electrons. The van der Waals surface area contributed by atoms with E-state index < -0.39 is 17.4 Å². The van der Waals surface area contributed by atoms with Gasteiger partial charge in [0.1, 0.15) is 5.76 Å².